The molecule has 17 nitrogen and oxygen atoms in total. The minimum Gasteiger partial charge on any atom is -0.481 e. The maximum atomic E-state index is 11.4. The second kappa shape index (κ2) is 30.7. The number of carbonyl (C=O) groups is 4. The van der Waals surface area contributed by atoms with Gasteiger partial charge in [-0.2, -0.15) is 0 Å². The number of sulfonamides is 3. The maximum Gasteiger partial charge on any atom is 0.303 e. The van der Waals surface area contributed by atoms with Crippen molar-refractivity contribution in [3.05, 3.63) is 72.8 Å². The van der Waals surface area contributed by atoms with Crippen LogP contribution in [0.25, 0.3) is 0 Å². The summed E-state index contributed by atoms with van der Waals surface area (Å²) in [6.45, 7) is 11.0. The molecule has 2 amide bonds. The number of amides is 2. The van der Waals surface area contributed by atoms with Crippen molar-refractivity contribution in [3.63, 3.8) is 0 Å². The molecule has 3 rings (SSSR count). The van der Waals surface area contributed by atoms with Crippen LogP contribution in [-0.4, -0.2) is 74.5 Å². The Morgan fingerprint density at radius 2 is 0.860 bits per heavy atom. The number of benzene rings is 3. The summed E-state index contributed by atoms with van der Waals surface area (Å²) in [4.78, 5) is 41.9. The van der Waals surface area contributed by atoms with Gasteiger partial charge in [-0.05, 0) is 112 Å². The van der Waals surface area contributed by atoms with Crippen LogP contribution in [0.2, 0.25) is 0 Å². The molecule has 0 spiro atoms. The van der Waals surface area contributed by atoms with Crippen molar-refractivity contribution in [1.82, 2.24) is 14.2 Å². The third-order valence-corrected chi connectivity index (χ3v) is 10.8. The molecule has 0 saturated heterocycles. The summed E-state index contributed by atoms with van der Waals surface area (Å²) in [5, 5.41) is 12.8. The molecular weight excluding hydrogens is 824 g/mol. The van der Waals surface area contributed by atoms with Crippen LogP contribution in [-0.2, 0) is 49.2 Å². The number of halogens is 1. The van der Waals surface area contributed by atoms with Gasteiger partial charge in [0.2, 0.25) is 47.1 Å². The zero-order chi connectivity index (χ0) is 44.8. The largest absolute Gasteiger partial charge is 0.481 e. The Balaban J connectivity index is -0.000000216. The van der Waals surface area contributed by atoms with Crippen LogP contribution < -0.4 is 30.5 Å². The van der Waals surface area contributed by atoms with Crippen LogP contribution in [0.5, 0.6) is 0 Å². The van der Waals surface area contributed by atoms with Crippen molar-refractivity contribution < 1.29 is 52.4 Å². The monoisotopic (exact) mass is 888 g/mol. The highest BCUT2D eigenvalue weighted by Gasteiger charge is 2.12. The van der Waals surface area contributed by atoms with E-state index in [0.717, 1.165) is 6.42 Å². The molecule has 3 aromatic carbocycles. The van der Waals surface area contributed by atoms with E-state index in [0.29, 0.717) is 36.3 Å². The van der Waals surface area contributed by atoms with E-state index in [2.05, 4.69) is 24.8 Å². The highest BCUT2D eigenvalue weighted by Crippen LogP contribution is 2.15. The van der Waals surface area contributed by atoms with Crippen LogP contribution in [0.1, 0.15) is 76.5 Å². The molecule has 3 aromatic rings. The average Bonchev–Trinajstić information content (AvgIpc) is 3.20. The number of rotatable bonds is 13. The lowest BCUT2D eigenvalue weighted by atomic mass is 10.3. The van der Waals surface area contributed by atoms with Crippen LogP contribution in [0.4, 0.5) is 17.1 Å². The number of aliphatic carboxylic acids is 1. The normalized spacial score (nSPS) is 10.3. The van der Waals surface area contributed by atoms with Crippen molar-refractivity contribution in [2.24, 2.45) is 0 Å². The fourth-order valence-electron chi connectivity index (χ4n) is 3.14. The smallest absolute Gasteiger partial charge is 0.303 e. The standard InChI is InChI=1S/C11H16N2O3S.C10H14N2O3S.C7H10N2O2S.C3H5ClO.C3H6O2.C2H6.2H2/c1-3-4-11(14)13-9-5-7-10(8-6-9)17(15,16)12-2;1-3-10(13)12-8-4-6-9(7-5-8)16(14,15)11-2;1-9-12(10,11)7-4-2-6(8)3-5-7;2*1-2-3(4)5;1-2;;/h5-8,12H,3-4H2,1-2H3,(H,13,14);4-7,11H,3H2,1-2H3,(H,12,13);2-5,9H,8H2,1H3;2H2,1H3;2H2,1H3,(H,4,5);1-2H3;2*1H/i;;;;;;2*1+2. The van der Waals surface area contributed by atoms with Crippen molar-refractivity contribution in [1.29, 1.82) is 0 Å². The van der Waals surface area contributed by atoms with Crippen LogP contribution in [0.3, 0.4) is 0 Å². The van der Waals surface area contributed by atoms with Gasteiger partial charge in [-0.15, -0.1) is 0 Å². The summed E-state index contributed by atoms with van der Waals surface area (Å²) in [6.07, 6.45) is 2.27. The van der Waals surface area contributed by atoms with Crippen molar-refractivity contribution in [2.45, 2.75) is 88.3 Å². The second-order valence-electron chi connectivity index (χ2n) is 10.4. The Kier molecular flexibility index (Phi) is 30.6. The molecule has 0 radical (unpaired) electrons. The first-order chi connectivity index (χ1) is 26.6. The first-order valence-electron chi connectivity index (χ1n) is 17.4. The number of anilines is 3. The molecule has 0 aliphatic heterocycles. The van der Waals surface area contributed by atoms with E-state index in [1.165, 1.54) is 57.5 Å². The minimum absolute atomic E-state index is 0. The lowest BCUT2D eigenvalue weighted by Crippen LogP contribution is -2.18. The zero-order valence-electron chi connectivity index (χ0n) is 33.7. The number of nitrogen functional groups attached to an aromatic ring is 1. The molecule has 0 saturated carbocycles. The van der Waals surface area contributed by atoms with E-state index < -0.39 is 36.0 Å². The number of hydrogen-bond acceptors (Lipinski definition) is 11. The molecule has 57 heavy (non-hydrogen) atoms. The predicted octanol–water partition coefficient (Wildman–Crippen LogP) is 5.61. The SMILES string of the molecule is CC.CCC(=O)Cl.CCC(=O)Nc1ccc(S(=O)(=O)NC)cc1.CCC(=O)O.CCCC(=O)Nc1ccc(S(=O)(=O)NC)cc1.CNS(=O)(=O)c1ccc(N)cc1.[3HH].[3HH]. The van der Waals surface area contributed by atoms with E-state index in [1.54, 1.807) is 57.2 Å². The van der Waals surface area contributed by atoms with E-state index in [-0.39, 0.29) is 41.0 Å². The van der Waals surface area contributed by atoms with Gasteiger partial charge in [0, 0.05) is 45.6 Å². The van der Waals surface area contributed by atoms with E-state index in [4.69, 9.17) is 22.4 Å². The van der Waals surface area contributed by atoms with E-state index in [9.17, 15) is 44.4 Å². The van der Waals surface area contributed by atoms with Crippen LogP contribution in [0, 0.1) is 0 Å². The third-order valence-electron chi connectivity index (χ3n) is 6.27. The van der Waals surface area contributed by atoms with Gasteiger partial charge in [-0.1, -0.05) is 41.5 Å². The number of carboxylic acid groups (broad SMARTS) is 1. The number of nitrogens with two attached hydrogens (primary N) is 1. The fraction of sp³-hybridized carbons (Fsp3) is 0.389. The summed E-state index contributed by atoms with van der Waals surface area (Å²) >= 11 is 4.82. The van der Waals surface area contributed by atoms with Gasteiger partial charge in [0.05, 0.1) is 14.7 Å². The summed E-state index contributed by atoms with van der Waals surface area (Å²) < 4.78 is 74.6. The molecule has 326 valence electrons. The predicted molar refractivity (Wildman–Crippen MR) is 230 cm³/mol. The molecule has 0 unspecified atom stereocenters. The minimum atomic E-state index is -3.42. The zero-order valence-corrected chi connectivity index (χ0v) is 36.9. The molecular formula is C36H61ClN6O11S3. The summed E-state index contributed by atoms with van der Waals surface area (Å²) in [5.41, 5.74) is 7.12. The Bertz CT molecular complexity index is 1960. The van der Waals surface area contributed by atoms with Gasteiger partial charge in [-0.3, -0.25) is 19.2 Å². The lowest BCUT2D eigenvalue weighted by molar-refractivity contribution is -0.136. The topological polar surface area (TPSA) is 277 Å². The van der Waals surface area contributed by atoms with Crippen molar-refractivity contribution in [2.75, 3.05) is 37.5 Å². The molecule has 0 atom stereocenters. The Hall–Kier alpha value is -4.44. The van der Waals surface area contributed by atoms with E-state index in [1.807, 2.05) is 20.8 Å². The maximum absolute atomic E-state index is 11.4. The summed E-state index contributed by atoms with van der Waals surface area (Å²) in [6, 6.07) is 18.0. The molecule has 0 bridgehead atoms. The van der Waals surface area contributed by atoms with Gasteiger partial charge in [0.25, 0.3) is 0 Å². The number of nitrogens with one attached hydrogen (secondary N) is 5. The summed E-state index contributed by atoms with van der Waals surface area (Å²) in [5.74, 6) is -0.925. The lowest BCUT2D eigenvalue weighted by Gasteiger charge is -2.06. The first kappa shape index (κ1) is 56.9. The number of carboxylic acids is 1. The van der Waals surface area contributed by atoms with E-state index >= 15 is 0 Å². The van der Waals surface area contributed by atoms with Crippen molar-refractivity contribution in [3.8, 4) is 0 Å². The quantitative estimate of drug-likeness (QED) is 0.0815. The van der Waals surface area contributed by atoms with Gasteiger partial charge < -0.3 is 21.5 Å². The van der Waals surface area contributed by atoms with Crippen molar-refractivity contribution >= 4 is 81.8 Å². The van der Waals surface area contributed by atoms with Crippen LogP contribution >= 0.6 is 11.6 Å². The Morgan fingerprint density at radius 3 is 1.09 bits per heavy atom. The third kappa shape index (κ3) is 26.2. The molecule has 0 aliphatic rings. The second-order valence-corrected chi connectivity index (χ2v) is 16.5. The molecule has 0 aromatic heterocycles. The number of hydrogen-bond donors (Lipinski definition) is 7. The van der Waals surface area contributed by atoms with Gasteiger partial charge in [-0.25, -0.2) is 39.4 Å². The van der Waals surface area contributed by atoms with Gasteiger partial charge in [0.1, 0.15) is 0 Å². The summed E-state index contributed by atoms with van der Waals surface area (Å²) in [7, 11) is -6.08. The highest BCUT2D eigenvalue weighted by atomic mass is 35.5. The average molecular weight is 890 g/mol. The number of carbonyl (C=O) groups excluding carboxylic acids is 3. The van der Waals surface area contributed by atoms with Gasteiger partial charge in [0.15, 0.2) is 0 Å². The Labute approximate surface area is 345 Å². The molecule has 0 heterocycles. The molecule has 0 aliphatic carbocycles. The highest BCUT2D eigenvalue weighted by molar-refractivity contribution is 7.90. The molecule has 0 fully saturated rings. The molecule has 21 heteroatoms. The fourth-order valence-corrected chi connectivity index (χ4v) is 5.33. The Morgan fingerprint density at radius 1 is 0.579 bits per heavy atom. The first-order valence-corrected chi connectivity index (χ1v) is 22.3. The molecule has 8 N–H and O–H groups in total. The van der Waals surface area contributed by atoms with Gasteiger partial charge >= 0.3 is 5.97 Å². The van der Waals surface area contributed by atoms with Crippen LogP contribution in [0.15, 0.2) is 87.5 Å².